The summed E-state index contributed by atoms with van der Waals surface area (Å²) >= 11 is 0.256. The molecule has 6 aromatic rings. The number of anilines is 4. The van der Waals surface area contributed by atoms with Crippen molar-refractivity contribution < 1.29 is 4.42 Å². The molecule has 34 heavy (non-hydrogen) atoms. The maximum atomic E-state index is 6.68. The van der Waals surface area contributed by atoms with Crippen molar-refractivity contribution in [1.82, 2.24) is 0 Å². The topological polar surface area (TPSA) is 19.6 Å². The second-order valence-electron chi connectivity index (χ2n) is 9.42. The maximum absolute atomic E-state index is 6.68. The van der Waals surface area contributed by atoms with Gasteiger partial charge in [0.05, 0.1) is 0 Å². The van der Waals surface area contributed by atoms with Crippen molar-refractivity contribution in [2.75, 3.05) is 9.62 Å². The summed E-state index contributed by atoms with van der Waals surface area (Å²) in [5, 5.41) is 2.64. The summed E-state index contributed by atoms with van der Waals surface area (Å²) in [5.41, 5.74) is 11.3. The van der Waals surface area contributed by atoms with Gasteiger partial charge in [-0.05, 0) is 0 Å². The number of furan rings is 1. The first-order valence-corrected chi connectivity index (χ1v) is 13.4. The molecule has 0 amide bonds. The van der Waals surface area contributed by atoms with Gasteiger partial charge in [-0.15, -0.1) is 0 Å². The third-order valence-corrected chi connectivity index (χ3v) is 10.2. The van der Waals surface area contributed by atoms with Gasteiger partial charge in [-0.2, -0.15) is 0 Å². The Morgan fingerprint density at radius 3 is 2.59 bits per heavy atom. The number of benzene rings is 4. The van der Waals surface area contributed by atoms with Crippen LogP contribution in [0.5, 0.6) is 0 Å². The van der Waals surface area contributed by atoms with Gasteiger partial charge in [0.1, 0.15) is 0 Å². The van der Waals surface area contributed by atoms with Crippen LogP contribution in [0.15, 0.2) is 89.3 Å². The molecule has 0 bridgehead atoms. The Labute approximate surface area is 202 Å². The molecule has 158 valence electrons. The van der Waals surface area contributed by atoms with Gasteiger partial charge in [0.15, 0.2) is 0 Å². The molecule has 4 aromatic carbocycles. The van der Waals surface area contributed by atoms with Gasteiger partial charge in [0, 0.05) is 0 Å². The molecule has 9 rings (SSSR count). The van der Waals surface area contributed by atoms with E-state index < -0.39 is 0 Å². The second-order valence-corrected chi connectivity index (χ2v) is 11.7. The summed E-state index contributed by atoms with van der Waals surface area (Å²) in [6.45, 7) is 2.29. The van der Waals surface area contributed by atoms with Crippen LogP contribution in [0.4, 0.5) is 22.9 Å². The van der Waals surface area contributed by atoms with E-state index in [0.717, 1.165) is 11.5 Å². The zero-order chi connectivity index (χ0) is 22.1. The number of hydrogen-bond acceptors (Lipinski definition) is 3. The van der Waals surface area contributed by atoms with Crippen LogP contribution in [-0.4, -0.2) is 21.5 Å². The van der Waals surface area contributed by atoms with E-state index in [4.69, 9.17) is 4.42 Å². The molecule has 5 heteroatoms. The Balaban J connectivity index is 1.47. The van der Waals surface area contributed by atoms with Crippen molar-refractivity contribution in [1.29, 1.82) is 0 Å². The number of nitrogens with zero attached hydrogens (tertiary/aromatic N) is 2. The summed E-state index contributed by atoms with van der Waals surface area (Å²) < 4.78 is 9.69. The number of para-hydroxylation sites is 1. The van der Waals surface area contributed by atoms with E-state index in [-0.39, 0.29) is 21.5 Å². The second kappa shape index (κ2) is 5.88. The number of rotatable bonds is 0. The van der Waals surface area contributed by atoms with E-state index in [2.05, 4.69) is 101 Å². The molecule has 3 aliphatic rings. The average Bonchev–Trinajstić information content (AvgIpc) is 3.53. The van der Waals surface area contributed by atoms with E-state index in [1.807, 2.05) is 0 Å². The van der Waals surface area contributed by atoms with Gasteiger partial charge in [0.25, 0.3) is 0 Å². The molecule has 0 saturated heterocycles. The molecule has 0 saturated carbocycles. The summed E-state index contributed by atoms with van der Waals surface area (Å²) in [6.07, 6.45) is 0. The summed E-state index contributed by atoms with van der Waals surface area (Å²) in [6, 6.07) is 31.2. The Morgan fingerprint density at radius 2 is 1.62 bits per heavy atom. The molecule has 0 spiro atoms. The van der Waals surface area contributed by atoms with E-state index in [1.165, 1.54) is 64.2 Å². The zero-order valence-electron chi connectivity index (χ0n) is 18.4. The summed E-state index contributed by atoms with van der Waals surface area (Å²) in [5.74, 6) is 0.977. The normalized spacial score (nSPS) is 14.4. The third-order valence-electron chi connectivity index (χ3n) is 7.61. The number of hydrogen-bond donors (Lipinski definition) is 0. The molecular formula is C29H17BN2OSe. The van der Waals surface area contributed by atoms with Gasteiger partial charge < -0.3 is 0 Å². The van der Waals surface area contributed by atoms with Crippen LogP contribution in [0.2, 0.25) is 0 Å². The fourth-order valence-electron chi connectivity index (χ4n) is 6.30. The molecular weight excluding hydrogens is 482 g/mol. The molecule has 5 heterocycles. The van der Waals surface area contributed by atoms with Crippen molar-refractivity contribution >= 4 is 69.4 Å². The standard InChI is InChI=1S/C29H17BN2OSe/c1-16-13-14-17-18-9-6-11-23-26(18)27-29(33-23)32-21-10-4-2-7-19(21)25-20-8-3-5-12-24(20)34-28(25)30(32)31(27)22(17)15-16/h2-15H,1H3. The van der Waals surface area contributed by atoms with Crippen molar-refractivity contribution in [3.8, 4) is 22.3 Å². The molecule has 0 atom stereocenters. The fourth-order valence-corrected chi connectivity index (χ4v) is 9.03. The van der Waals surface area contributed by atoms with Gasteiger partial charge >= 0.3 is 203 Å². The Bertz CT molecular complexity index is 1870. The van der Waals surface area contributed by atoms with Crippen molar-refractivity contribution in [3.05, 3.63) is 90.5 Å². The molecule has 2 aromatic heterocycles. The van der Waals surface area contributed by atoms with Crippen LogP contribution in [0.3, 0.4) is 0 Å². The molecule has 0 fully saturated rings. The van der Waals surface area contributed by atoms with Gasteiger partial charge in [0.2, 0.25) is 0 Å². The van der Waals surface area contributed by atoms with E-state index in [9.17, 15) is 0 Å². The molecule has 0 N–H and O–H groups in total. The minimum absolute atomic E-state index is 0.101. The number of fused-ring (bicyclic) bond motifs is 13. The number of aryl methyl sites for hydroxylation is 1. The first kappa shape index (κ1) is 17.8. The van der Waals surface area contributed by atoms with E-state index in [1.54, 1.807) is 0 Å². The molecule has 0 aliphatic carbocycles. The van der Waals surface area contributed by atoms with Crippen molar-refractivity contribution in [2.45, 2.75) is 6.92 Å². The molecule has 0 radical (unpaired) electrons. The van der Waals surface area contributed by atoms with Crippen LogP contribution in [0.25, 0.3) is 42.9 Å². The van der Waals surface area contributed by atoms with Crippen LogP contribution < -0.4 is 14.0 Å². The SMILES string of the molecule is Cc1ccc2c(c1)N1B3c4[se]c5ccccc5c4-c4ccccc4N3c3oc4cccc-2c4c31. The Kier molecular flexibility index (Phi) is 3.07. The van der Waals surface area contributed by atoms with Crippen LogP contribution in [0.1, 0.15) is 5.56 Å². The third kappa shape index (κ3) is 1.91. The van der Waals surface area contributed by atoms with Crippen molar-refractivity contribution in [2.24, 2.45) is 0 Å². The summed E-state index contributed by atoms with van der Waals surface area (Å²) in [4.78, 5) is 5.05. The zero-order valence-corrected chi connectivity index (χ0v) is 20.1. The van der Waals surface area contributed by atoms with Gasteiger partial charge in [-0.3, -0.25) is 0 Å². The molecule has 3 nitrogen and oxygen atoms in total. The first-order valence-electron chi connectivity index (χ1n) is 11.7. The van der Waals surface area contributed by atoms with Crippen LogP contribution in [-0.2, 0) is 0 Å². The van der Waals surface area contributed by atoms with Gasteiger partial charge in [-0.1, -0.05) is 0 Å². The van der Waals surface area contributed by atoms with Crippen molar-refractivity contribution in [3.63, 3.8) is 0 Å². The average molecular weight is 499 g/mol. The molecule has 3 aliphatic heterocycles. The molecule has 0 unspecified atom stereocenters. The fraction of sp³-hybridized carbons (Fsp3) is 0.0345. The predicted octanol–water partition coefficient (Wildman–Crippen LogP) is 6.60. The summed E-state index contributed by atoms with van der Waals surface area (Å²) in [7, 11) is 0. The first-order chi connectivity index (χ1) is 16.8. The van der Waals surface area contributed by atoms with Gasteiger partial charge in [-0.25, -0.2) is 0 Å². The van der Waals surface area contributed by atoms with E-state index in [0.29, 0.717) is 0 Å². The van der Waals surface area contributed by atoms with E-state index >= 15 is 0 Å². The Morgan fingerprint density at radius 1 is 0.765 bits per heavy atom. The monoisotopic (exact) mass is 500 g/mol. The predicted molar refractivity (Wildman–Crippen MR) is 142 cm³/mol. The minimum atomic E-state index is 0.101. The Hall–Kier alpha value is -3.66. The quantitative estimate of drug-likeness (QED) is 0.220. The van der Waals surface area contributed by atoms with Crippen LogP contribution in [0, 0.1) is 6.92 Å². The van der Waals surface area contributed by atoms with Crippen LogP contribution >= 0.6 is 0 Å².